The van der Waals surface area contributed by atoms with E-state index in [-0.39, 0.29) is 26.4 Å². The first-order valence-electron chi connectivity index (χ1n) is 6.27. The molecule has 114 valence electrons. The van der Waals surface area contributed by atoms with Crippen LogP contribution in [0, 0.1) is 0 Å². The predicted octanol–water partition coefficient (Wildman–Crippen LogP) is 0.101. The van der Waals surface area contributed by atoms with Crippen molar-refractivity contribution in [3.05, 3.63) is 0 Å². The first kappa shape index (κ1) is 18.1. The molecule has 0 saturated heterocycles. The number of carbonyl (C=O) groups is 1. The fourth-order valence-corrected chi connectivity index (χ4v) is 1.57. The molecular weight excluding hydrogens is 256 g/mol. The van der Waals surface area contributed by atoms with Gasteiger partial charge < -0.3 is 29.8 Å². The number of primary amides is 1. The molecule has 0 radical (unpaired) electrons. The van der Waals surface area contributed by atoms with Gasteiger partial charge in [0.15, 0.2) is 0 Å². The first-order valence-corrected chi connectivity index (χ1v) is 6.27. The Balaban J connectivity index is 5.48. The van der Waals surface area contributed by atoms with E-state index < -0.39 is 17.9 Å². The lowest BCUT2D eigenvalue weighted by atomic mass is 10.3. The van der Waals surface area contributed by atoms with Crippen LogP contribution in [-0.2, 0) is 18.9 Å². The Hall–Kier alpha value is -0.930. The summed E-state index contributed by atoms with van der Waals surface area (Å²) in [6.07, 6.45) is 0. The molecule has 4 N–H and O–H groups in total. The third kappa shape index (κ3) is 4.59. The summed E-state index contributed by atoms with van der Waals surface area (Å²) in [7, 11) is 0. The highest BCUT2D eigenvalue weighted by molar-refractivity contribution is 5.72. The van der Waals surface area contributed by atoms with E-state index in [0.29, 0.717) is 0 Å². The average molecular weight is 280 g/mol. The van der Waals surface area contributed by atoms with E-state index in [9.17, 15) is 9.90 Å². The molecule has 0 atom stereocenters. The van der Waals surface area contributed by atoms with Gasteiger partial charge in [0.05, 0.1) is 0 Å². The van der Waals surface area contributed by atoms with Crippen LogP contribution in [0.25, 0.3) is 0 Å². The number of amides is 2. The van der Waals surface area contributed by atoms with Crippen molar-refractivity contribution in [2.75, 3.05) is 26.4 Å². The highest BCUT2D eigenvalue weighted by Gasteiger charge is 2.58. The van der Waals surface area contributed by atoms with Crippen molar-refractivity contribution in [1.29, 1.82) is 0 Å². The lowest BCUT2D eigenvalue weighted by molar-refractivity contribution is -0.490. The molecule has 0 rings (SSSR count). The lowest BCUT2D eigenvalue weighted by Gasteiger charge is -2.43. The van der Waals surface area contributed by atoms with E-state index in [4.69, 9.17) is 24.7 Å². The molecular formula is C11H24N2O6. The van der Waals surface area contributed by atoms with Crippen LogP contribution in [0.5, 0.6) is 0 Å². The number of carbonyl (C=O) groups excluding carboxylic acids is 1. The van der Waals surface area contributed by atoms with Crippen LogP contribution >= 0.6 is 0 Å². The SMILES string of the molecule is CCOC(O)(OCC)C(NC(N)=O)(OCC)OCC. The van der Waals surface area contributed by atoms with E-state index >= 15 is 0 Å². The van der Waals surface area contributed by atoms with E-state index in [1.165, 1.54) is 0 Å². The molecule has 0 aromatic heterocycles. The zero-order valence-electron chi connectivity index (χ0n) is 11.9. The van der Waals surface area contributed by atoms with Gasteiger partial charge in [-0.05, 0) is 27.7 Å². The minimum Gasteiger partial charge on any atom is -0.352 e. The van der Waals surface area contributed by atoms with Gasteiger partial charge in [0, 0.05) is 26.4 Å². The Bertz CT molecular complexity index is 262. The van der Waals surface area contributed by atoms with E-state index in [0.717, 1.165) is 0 Å². The van der Waals surface area contributed by atoms with Gasteiger partial charge in [-0.1, -0.05) is 0 Å². The number of nitrogens with one attached hydrogen (secondary N) is 1. The van der Waals surface area contributed by atoms with Crippen molar-refractivity contribution in [2.24, 2.45) is 5.73 Å². The summed E-state index contributed by atoms with van der Waals surface area (Å²) in [5.41, 5.74) is 5.10. The molecule has 8 heteroatoms. The van der Waals surface area contributed by atoms with Gasteiger partial charge in [-0.15, -0.1) is 0 Å². The van der Waals surface area contributed by atoms with Crippen LogP contribution in [-0.4, -0.2) is 49.4 Å². The van der Waals surface area contributed by atoms with Crippen molar-refractivity contribution in [3.8, 4) is 0 Å². The molecule has 0 bridgehead atoms. The number of ether oxygens (including phenoxy) is 4. The van der Waals surface area contributed by atoms with Gasteiger partial charge in [0.2, 0.25) is 0 Å². The third-order valence-electron chi connectivity index (χ3n) is 2.08. The van der Waals surface area contributed by atoms with E-state index in [1.54, 1.807) is 27.7 Å². The standard InChI is InChI=1S/C11H24N2O6/c1-5-16-10(17-6-2,13-9(12)14)11(15,18-7-3)19-8-4/h15H,5-8H2,1-4H3,(H3,12,13,14). The Morgan fingerprint density at radius 3 is 1.63 bits per heavy atom. The summed E-state index contributed by atoms with van der Waals surface area (Å²) in [5, 5.41) is 12.7. The molecule has 0 heterocycles. The fourth-order valence-electron chi connectivity index (χ4n) is 1.57. The summed E-state index contributed by atoms with van der Waals surface area (Å²) in [4.78, 5) is 11.1. The molecule has 0 aromatic rings. The Morgan fingerprint density at radius 1 is 1.00 bits per heavy atom. The summed E-state index contributed by atoms with van der Waals surface area (Å²) in [5.74, 6) is -4.34. The third-order valence-corrected chi connectivity index (χ3v) is 2.08. The molecule has 0 unspecified atom stereocenters. The summed E-state index contributed by atoms with van der Waals surface area (Å²) in [6.45, 7) is 7.10. The largest absolute Gasteiger partial charge is 0.360 e. The highest BCUT2D eigenvalue weighted by atomic mass is 16.9. The second kappa shape index (κ2) is 8.28. The average Bonchev–Trinajstić information content (AvgIpc) is 2.29. The number of nitrogens with two attached hydrogens (primary N) is 1. The smallest absolute Gasteiger partial charge is 0.352 e. The van der Waals surface area contributed by atoms with Gasteiger partial charge in [-0.25, -0.2) is 4.79 Å². The molecule has 19 heavy (non-hydrogen) atoms. The predicted molar refractivity (Wildman–Crippen MR) is 66.9 cm³/mol. The monoisotopic (exact) mass is 280 g/mol. The minimum atomic E-state index is -2.31. The summed E-state index contributed by atoms with van der Waals surface area (Å²) in [6, 6.07) is -0.945. The van der Waals surface area contributed by atoms with Crippen molar-refractivity contribution in [3.63, 3.8) is 0 Å². The van der Waals surface area contributed by atoms with Crippen LogP contribution in [0.15, 0.2) is 0 Å². The maximum Gasteiger partial charge on any atom is 0.360 e. The van der Waals surface area contributed by atoms with Crippen molar-refractivity contribution < 1.29 is 28.8 Å². The number of aliphatic hydroxyl groups is 1. The summed E-state index contributed by atoms with van der Waals surface area (Å²) >= 11 is 0. The van der Waals surface area contributed by atoms with Gasteiger partial charge in [-0.3, -0.25) is 5.32 Å². The molecule has 0 spiro atoms. The normalized spacial score (nSPS) is 12.5. The number of hydrogen-bond donors (Lipinski definition) is 3. The molecule has 0 saturated carbocycles. The molecule has 8 nitrogen and oxygen atoms in total. The summed E-state index contributed by atoms with van der Waals surface area (Å²) < 4.78 is 20.9. The fraction of sp³-hybridized carbons (Fsp3) is 0.909. The number of rotatable bonds is 10. The van der Waals surface area contributed by atoms with Crippen molar-refractivity contribution in [2.45, 2.75) is 39.6 Å². The number of hydrogen-bond acceptors (Lipinski definition) is 6. The molecule has 0 aromatic carbocycles. The van der Waals surface area contributed by atoms with E-state index in [1.807, 2.05) is 0 Å². The second-order valence-electron chi connectivity index (χ2n) is 3.42. The van der Waals surface area contributed by atoms with Crippen molar-refractivity contribution >= 4 is 6.03 Å². The Morgan fingerprint density at radius 2 is 1.37 bits per heavy atom. The maximum absolute atomic E-state index is 11.1. The Labute approximate surface area is 113 Å². The minimum absolute atomic E-state index is 0.110. The molecule has 0 fully saturated rings. The zero-order chi connectivity index (χ0) is 14.9. The van der Waals surface area contributed by atoms with Gasteiger partial charge >= 0.3 is 17.9 Å². The van der Waals surface area contributed by atoms with Crippen LogP contribution in [0.3, 0.4) is 0 Å². The highest BCUT2D eigenvalue weighted by Crippen LogP contribution is 2.28. The van der Waals surface area contributed by atoms with Crippen LogP contribution < -0.4 is 11.1 Å². The topological polar surface area (TPSA) is 112 Å². The molecule has 2 amide bonds. The number of urea groups is 1. The zero-order valence-corrected chi connectivity index (χ0v) is 11.9. The molecule has 0 aliphatic rings. The maximum atomic E-state index is 11.1. The quantitative estimate of drug-likeness (QED) is 0.489. The molecule has 0 aliphatic heterocycles. The van der Waals surface area contributed by atoms with Gasteiger partial charge in [0.25, 0.3) is 0 Å². The molecule has 0 aliphatic carbocycles. The van der Waals surface area contributed by atoms with Gasteiger partial charge in [-0.2, -0.15) is 0 Å². The first-order chi connectivity index (χ1) is 8.91. The second-order valence-corrected chi connectivity index (χ2v) is 3.42. The van der Waals surface area contributed by atoms with Crippen molar-refractivity contribution in [1.82, 2.24) is 5.32 Å². The van der Waals surface area contributed by atoms with Crippen LogP contribution in [0.2, 0.25) is 0 Å². The van der Waals surface area contributed by atoms with Crippen LogP contribution in [0.1, 0.15) is 27.7 Å². The van der Waals surface area contributed by atoms with Gasteiger partial charge in [0.1, 0.15) is 0 Å². The van der Waals surface area contributed by atoms with Crippen LogP contribution in [0.4, 0.5) is 4.79 Å². The van der Waals surface area contributed by atoms with E-state index in [2.05, 4.69) is 5.32 Å². The Kier molecular flexibility index (Phi) is 7.88. The lowest BCUT2D eigenvalue weighted by Crippen LogP contribution is -2.70.